The highest BCUT2D eigenvalue weighted by atomic mass is 32.1. The minimum absolute atomic E-state index is 1.14. The fourth-order valence-corrected chi connectivity index (χ4v) is 12.4. The Labute approximate surface area is 376 Å². The molecule has 5 aromatic heterocycles. The minimum atomic E-state index is 1.14. The van der Waals surface area contributed by atoms with E-state index in [-0.39, 0.29) is 0 Å². The first kappa shape index (κ1) is 35.1. The number of rotatable bonds is 4. The van der Waals surface area contributed by atoms with Crippen LogP contribution >= 0.6 is 11.3 Å². The quantitative estimate of drug-likeness (QED) is 0.168. The summed E-state index contributed by atoms with van der Waals surface area (Å²) in [7, 11) is 0. The molecule has 0 fully saturated rings. The Balaban J connectivity index is 0.983. The van der Waals surface area contributed by atoms with E-state index in [4.69, 9.17) is 0 Å². The van der Waals surface area contributed by atoms with Crippen molar-refractivity contribution in [2.75, 3.05) is 0 Å². The molecule has 0 N–H and O–H groups in total. The molecule has 0 spiro atoms. The molecule has 302 valence electrons. The van der Waals surface area contributed by atoms with Gasteiger partial charge in [-0.05, 0) is 91.0 Å². The third kappa shape index (κ3) is 4.79. The van der Waals surface area contributed by atoms with Crippen LogP contribution in [0.3, 0.4) is 0 Å². The van der Waals surface area contributed by atoms with Crippen molar-refractivity contribution in [2.24, 2.45) is 0 Å². The van der Waals surface area contributed by atoms with E-state index in [9.17, 15) is 0 Å². The molecule has 15 aromatic rings. The smallest absolute Gasteiger partial charge is 0.0576 e. The molecule has 0 amide bonds. The molecule has 5 heterocycles. The lowest BCUT2D eigenvalue weighted by atomic mass is 10.1. The van der Waals surface area contributed by atoms with Gasteiger partial charge in [0.05, 0.1) is 49.8 Å². The Morgan fingerprint density at radius 2 is 0.569 bits per heavy atom. The van der Waals surface area contributed by atoms with E-state index >= 15 is 0 Å². The van der Waals surface area contributed by atoms with Crippen LogP contribution in [-0.2, 0) is 0 Å². The highest BCUT2D eigenvalue weighted by molar-refractivity contribution is 7.26. The molecule has 0 unspecified atom stereocenters. The molecule has 0 atom stereocenters. The van der Waals surface area contributed by atoms with Gasteiger partial charge in [0.1, 0.15) is 0 Å². The number of hydrogen-bond acceptors (Lipinski definition) is 1. The molecule has 65 heavy (non-hydrogen) atoms. The Morgan fingerprint density at radius 3 is 1.03 bits per heavy atom. The number of thiophene rings is 1. The van der Waals surface area contributed by atoms with Gasteiger partial charge in [-0.1, -0.05) is 127 Å². The van der Waals surface area contributed by atoms with E-state index in [1.807, 2.05) is 11.3 Å². The second-order valence-corrected chi connectivity index (χ2v) is 18.4. The van der Waals surface area contributed by atoms with Crippen molar-refractivity contribution < 1.29 is 0 Å². The second-order valence-electron chi connectivity index (χ2n) is 17.3. The molecule has 0 saturated carbocycles. The van der Waals surface area contributed by atoms with Crippen LogP contribution in [0.25, 0.3) is 130 Å². The van der Waals surface area contributed by atoms with Gasteiger partial charge in [0.15, 0.2) is 0 Å². The summed E-state index contributed by atoms with van der Waals surface area (Å²) >= 11 is 1.88. The van der Waals surface area contributed by atoms with Crippen molar-refractivity contribution in [3.05, 3.63) is 218 Å². The number of para-hydroxylation sites is 6. The van der Waals surface area contributed by atoms with Gasteiger partial charge in [-0.2, -0.15) is 0 Å². The Hall–Kier alpha value is -8.38. The molecule has 0 bridgehead atoms. The van der Waals surface area contributed by atoms with Gasteiger partial charge in [0.2, 0.25) is 0 Å². The highest BCUT2D eigenvalue weighted by Gasteiger charge is 2.22. The second kappa shape index (κ2) is 13.1. The van der Waals surface area contributed by atoms with E-state index in [1.165, 1.54) is 113 Å². The number of benzene rings is 10. The van der Waals surface area contributed by atoms with E-state index in [1.54, 1.807) is 0 Å². The number of aromatic nitrogens is 4. The highest BCUT2D eigenvalue weighted by Crippen LogP contribution is 2.45. The van der Waals surface area contributed by atoms with Crippen molar-refractivity contribution in [3.8, 4) is 22.7 Å². The first-order valence-electron chi connectivity index (χ1n) is 22.3. The van der Waals surface area contributed by atoms with Crippen LogP contribution in [0.4, 0.5) is 0 Å². The van der Waals surface area contributed by atoms with Gasteiger partial charge < -0.3 is 18.3 Å². The summed E-state index contributed by atoms with van der Waals surface area (Å²) in [6, 6.07) is 80.8. The Morgan fingerprint density at radius 1 is 0.231 bits per heavy atom. The monoisotopic (exact) mass is 844 g/mol. The summed E-state index contributed by atoms with van der Waals surface area (Å²) in [5, 5.41) is 12.5. The normalized spacial score (nSPS) is 12.3. The van der Waals surface area contributed by atoms with E-state index < -0.39 is 0 Å². The summed E-state index contributed by atoms with van der Waals surface area (Å²) in [5.41, 5.74) is 14.2. The van der Waals surface area contributed by atoms with E-state index in [0.717, 1.165) is 17.1 Å². The molecule has 15 rings (SSSR count). The lowest BCUT2D eigenvalue weighted by Crippen LogP contribution is -2.00. The topological polar surface area (TPSA) is 19.7 Å². The maximum Gasteiger partial charge on any atom is 0.0576 e. The van der Waals surface area contributed by atoms with Gasteiger partial charge in [-0.25, -0.2) is 0 Å². The van der Waals surface area contributed by atoms with E-state index in [0.29, 0.717) is 0 Å². The SMILES string of the molecule is c1ccc2c(c1)sc1cc(-n3c4ccccc4c4ccccc43)cc(-n3c4ccccc4c4cc(-n5c6ccccc6c6cc(-n7c8ccccc8c8ccccc87)ccc65)ccc43)c12. The molecule has 0 aliphatic heterocycles. The molecular formula is C60H36N4S. The number of fused-ring (bicyclic) bond motifs is 15. The first-order chi connectivity index (χ1) is 32.3. The molecule has 10 aromatic carbocycles. The lowest BCUT2D eigenvalue weighted by molar-refractivity contribution is 1.15. The minimum Gasteiger partial charge on any atom is -0.309 e. The molecular weight excluding hydrogens is 809 g/mol. The molecule has 0 aliphatic carbocycles. The van der Waals surface area contributed by atoms with Gasteiger partial charge >= 0.3 is 0 Å². The summed E-state index contributed by atoms with van der Waals surface area (Å²) < 4.78 is 12.4. The van der Waals surface area contributed by atoms with Crippen molar-refractivity contribution in [1.82, 2.24) is 18.3 Å². The average molecular weight is 845 g/mol. The van der Waals surface area contributed by atoms with Gasteiger partial charge in [0.25, 0.3) is 0 Å². The first-order valence-corrected chi connectivity index (χ1v) is 23.1. The third-order valence-corrected chi connectivity index (χ3v) is 15.0. The lowest BCUT2D eigenvalue weighted by Gasteiger charge is -2.15. The molecule has 0 aliphatic rings. The maximum atomic E-state index is 2.52. The predicted octanol–water partition coefficient (Wildman–Crippen LogP) is 16.4. The Kier molecular flexibility index (Phi) is 7.07. The van der Waals surface area contributed by atoms with Crippen molar-refractivity contribution in [3.63, 3.8) is 0 Å². The van der Waals surface area contributed by atoms with Crippen LogP contribution < -0.4 is 0 Å². The fourth-order valence-electron chi connectivity index (χ4n) is 11.3. The van der Waals surface area contributed by atoms with Gasteiger partial charge in [-0.3, -0.25) is 0 Å². The van der Waals surface area contributed by atoms with Crippen LogP contribution in [0, 0.1) is 0 Å². The number of hydrogen-bond donors (Lipinski definition) is 0. The maximum absolute atomic E-state index is 2.52. The van der Waals surface area contributed by atoms with Crippen LogP contribution in [0.5, 0.6) is 0 Å². The fraction of sp³-hybridized carbons (Fsp3) is 0. The molecule has 0 radical (unpaired) electrons. The van der Waals surface area contributed by atoms with Crippen molar-refractivity contribution in [2.45, 2.75) is 0 Å². The number of nitrogens with zero attached hydrogens (tertiary/aromatic N) is 4. The van der Waals surface area contributed by atoms with Crippen LogP contribution in [0.2, 0.25) is 0 Å². The standard InChI is InChI=1S/C60H36N4S/c1-8-22-49-40(15-1)41-16-2-9-23-50(41)61(49)37-29-31-55-47(33-37)44-19-5-12-26-53(44)62(55)38-30-32-56-48(34-38)45-20-6-13-27-54(45)64(56)57-35-39(36-59-60(57)46-21-7-14-28-58(46)65-59)63-51-24-10-3-17-42(51)43-18-4-11-25-52(43)63/h1-36H. The predicted molar refractivity (Wildman–Crippen MR) is 277 cm³/mol. The zero-order valence-electron chi connectivity index (χ0n) is 35.0. The summed E-state index contributed by atoms with van der Waals surface area (Å²) in [6.07, 6.45) is 0. The van der Waals surface area contributed by atoms with Crippen molar-refractivity contribution in [1.29, 1.82) is 0 Å². The summed E-state index contributed by atoms with van der Waals surface area (Å²) in [5.74, 6) is 0. The third-order valence-electron chi connectivity index (χ3n) is 13.9. The van der Waals surface area contributed by atoms with Crippen LogP contribution in [0.15, 0.2) is 218 Å². The zero-order chi connectivity index (χ0) is 42.3. The van der Waals surface area contributed by atoms with Crippen LogP contribution in [-0.4, -0.2) is 18.3 Å². The summed E-state index contributed by atoms with van der Waals surface area (Å²) in [4.78, 5) is 0. The molecule has 4 nitrogen and oxygen atoms in total. The largest absolute Gasteiger partial charge is 0.309 e. The van der Waals surface area contributed by atoms with Gasteiger partial charge in [-0.15, -0.1) is 11.3 Å². The van der Waals surface area contributed by atoms with Gasteiger partial charge in [0, 0.05) is 80.3 Å². The Bertz CT molecular complexity index is 4380. The zero-order valence-corrected chi connectivity index (χ0v) is 35.8. The van der Waals surface area contributed by atoms with Crippen LogP contribution in [0.1, 0.15) is 0 Å². The molecule has 0 saturated heterocycles. The summed E-state index contributed by atoms with van der Waals surface area (Å²) in [6.45, 7) is 0. The van der Waals surface area contributed by atoms with E-state index in [2.05, 4.69) is 237 Å². The average Bonchev–Trinajstić information content (AvgIpc) is 4.16. The molecule has 5 heteroatoms. The van der Waals surface area contributed by atoms with Crippen molar-refractivity contribution >= 4 is 119 Å².